The van der Waals surface area contributed by atoms with Crippen molar-refractivity contribution in [1.29, 1.82) is 0 Å². The van der Waals surface area contributed by atoms with Crippen LogP contribution in [0.25, 0.3) is 0 Å². The SMILES string of the molecule is CCCCCCC[CH2][Al-]([CH2]CCCCCCC)([CH2]CCCCCCC)[CH2]CCCCCCC.[Na+]. The Bertz CT molecular complexity index is 287. The molecule has 0 radical (unpaired) electrons. The van der Waals surface area contributed by atoms with Crippen molar-refractivity contribution in [1.82, 2.24) is 0 Å². The molecule has 0 fully saturated rings. The van der Waals surface area contributed by atoms with Crippen molar-refractivity contribution in [3.63, 3.8) is 0 Å². The molecule has 200 valence electrons. The normalized spacial score (nSPS) is 11.6. The van der Waals surface area contributed by atoms with Crippen molar-refractivity contribution in [2.45, 2.75) is 203 Å². The molecule has 0 unspecified atom stereocenters. The van der Waals surface area contributed by atoms with E-state index in [-0.39, 0.29) is 29.6 Å². The van der Waals surface area contributed by atoms with Gasteiger partial charge in [-0.1, -0.05) is 182 Å². The maximum absolute atomic E-state index is 2.35. The zero-order chi connectivity index (χ0) is 24.3. The van der Waals surface area contributed by atoms with Crippen LogP contribution in [0, 0.1) is 0 Å². The monoisotopic (exact) mass is 503 g/mol. The zero-order valence-corrected chi connectivity index (χ0v) is 28.5. The predicted octanol–water partition coefficient (Wildman–Crippen LogP) is 9.88. The van der Waals surface area contributed by atoms with E-state index in [1.54, 1.807) is 46.8 Å². The Morgan fingerprint density at radius 2 is 0.441 bits per heavy atom. The number of hydrogen-bond acceptors (Lipinski definition) is 0. The van der Waals surface area contributed by atoms with Crippen molar-refractivity contribution >= 4 is 13.1 Å². The molecule has 0 spiro atoms. The van der Waals surface area contributed by atoms with E-state index >= 15 is 0 Å². The molecule has 0 amide bonds. The van der Waals surface area contributed by atoms with Gasteiger partial charge in [0.1, 0.15) is 13.1 Å². The predicted molar refractivity (Wildman–Crippen MR) is 158 cm³/mol. The third-order valence-electron chi connectivity index (χ3n) is 8.68. The van der Waals surface area contributed by atoms with Gasteiger partial charge in [-0.2, -0.15) is 21.1 Å². The molecular formula is C32H68AlNa. The first-order valence-corrected chi connectivity index (χ1v) is 19.7. The second-order valence-corrected chi connectivity index (χ2v) is 17.7. The minimum atomic E-state index is -1.42. The van der Waals surface area contributed by atoms with E-state index in [1.165, 1.54) is 128 Å². The summed E-state index contributed by atoms with van der Waals surface area (Å²) in [6.45, 7) is 9.39. The Kier molecular flexibility index (Phi) is 34.1. The van der Waals surface area contributed by atoms with Crippen molar-refractivity contribution in [2.24, 2.45) is 0 Å². The topological polar surface area (TPSA) is 0 Å². The average molecular weight is 503 g/mol. The molecule has 34 heavy (non-hydrogen) atoms. The van der Waals surface area contributed by atoms with E-state index in [0.29, 0.717) is 0 Å². The smallest absolute Gasteiger partial charge is 0.191 e. The summed E-state index contributed by atoms with van der Waals surface area (Å²) in [6, 6.07) is 0. The standard InChI is InChI=1S/4C8H17.Al.Na/c4*1-3-5-7-8-6-4-2;;/h4*1,3-8H2,2H3;;/q;;;;-1;+1. The molecular weight excluding hydrogens is 434 g/mol. The van der Waals surface area contributed by atoms with Crippen LogP contribution in [0.3, 0.4) is 0 Å². The Morgan fingerprint density at radius 3 is 0.647 bits per heavy atom. The molecule has 0 N–H and O–H groups in total. The molecule has 0 aromatic carbocycles. The molecule has 2 heteroatoms. The summed E-state index contributed by atoms with van der Waals surface area (Å²) in [5, 5.41) is 6.83. The van der Waals surface area contributed by atoms with Gasteiger partial charge >= 0.3 is 29.6 Å². The minimum absolute atomic E-state index is 0. The van der Waals surface area contributed by atoms with Crippen LogP contribution in [-0.4, -0.2) is 13.1 Å². The fourth-order valence-corrected chi connectivity index (χ4v) is 12.6. The molecule has 0 saturated heterocycles. The number of unbranched alkanes of at least 4 members (excludes halogenated alkanes) is 20. The zero-order valence-electron chi connectivity index (χ0n) is 25.4. The minimum Gasteiger partial charge on any atom is -0.191 e. The van der Waals surface area contributed by atoms with Crippen molar-refractivity contribution in [3.05, 3.63) is 0 Å². The van der Waals surface area contributed by atoms with Crippen LogP contribution < -0.4 is 29.6 Å². The van der Waals surface area contributed by atoms with Crippen LogP contribution in [0.15, 0.2) is 0 Å². The molecule has 0 rings (SSSR count). The molecule has 0 aliphatic rings. The number of hydrogen-bond donors (Lipinski definition) is 0. The largest absolute Gasteiger partial charge is 1.00 e. The Hall–Kier alpha value is 1.53. The maximum atomic E-state index is 2.35. The Balaban J connectivity index is 0. The van der Waals surface area contributed by atoms with E-state index in [0.717, 1.165) is 0 Å². The van der Waals surface area contributed by atoms with Crippen LogP contribution in [0.4, 0.5) is 0 Å². The number of rotatable bonds is 28. The van der Waals surface area contributed by atoms with Gasteiger partial charge in [0.15, 0.2) is 0 Å². The Morgan fingerprint density at radius 1 is 0.265 bits per heavy atom. The fraction of sp³-hybridized carbons (Fsp3) is 1.00. The second-order valence-electron chi connectivity index (χ2n) is 12.0. The molecule has 0 aliphatic heterocycles. The van der Waals surface area contributed by atoms with Crippen LogP contribution in [0.1, 0.15) is 182 Å². The summed E-state index contributed by atoms with van der Waals surface area (Å²) in [4.78, 5) is 0. The average Bonchev–Trinajstić information content (AvgIpc) is 2.83. The van der Waals surface area contributed by atoms with Crippen LogP contribution in [-0.2, 0) is 0 Å². The van der Waals surface area contributed by atoms with Crippen molar-refractivity contribution in [2.75, 3.05) is 0 Å². The van der Waals surface area contributed by atoms with E-state index in [9.17, 15) is 0 Å². The summed E-state index contributed by atoms with van der Waals surface area (Å²) >= 11 is -1.42. The van der Waals surface area contributed by atoms with Gasteiger partial charge in [-0.25, -0.2) is 0 Å². The summed E-state index contributed by atoms with van der Waals surface area (Å²) < 4.78 is 0. The third-order valence-corrected chi connectivity index (χ3v) is 15.2. The maximum Gasteiger partial charge on any atom is 1.00 e. The van der Waals surface area contributed by atoms with Gasteiger partial charge in [-0.3, -0.25) is 0 Å². The first-order chi connectivity index (χ1) is 16.2. The molecule has 0 saturated carbocycles. The Labute approximate surface area is 244 Å². The molecule has 0 aromatic heterocycles. The van der Waals surface area contributed by atoms with Crippen LogP contribution in [0.2, 0.25) is 21.1 Å². The summed E-state index contributed by atoms with van der Waals surface area (Å²) in [6.07, 6.45) is 35.8. The molecule has 0 aliphatic carbocycles. The second kappa shape index (κ2) is 30.8. The molecule has 0 aromatic rings. The van der Waals surface area contributed by atoms with E-state index in [1.807, 2.05) is 0 Å². The van der Waals surface area contributed by atoms with Crippen LogP contribution >= 0.6 is 0 Å². The van der Waals surface area contributed by atoms with Crippen molar-refractivity contribution < 1.29 is 29.6 Å². The molecule has 0 atom stereocenters. The molecule has 0 nitrogen and oxygen atoms in total. The van der Waals surface area contributed by atoms with Gasteiger partial charge in [0.25, 0.3) is 0 Å². The first kappa shape index (κ1) is 37.7. The summed E-state index contributed by atoms with van der Waals surface area (Å²) in [5.74, 6) is 0. The van der Waals surface area contributed by atoms with Gasteiger partial charge in [0, 0.05) is 0 Å². The van der Waals surface area contributed by atoms with Crippen molar-refractivity contribution in [3.8, 4) is 0 Å². The fourth-order valence-electron chi connectivity index (χ4n) is 6.30. The summed E-state index contributed by atoms with van der Waals surface area (Å²) in [7, 11) is 0. The quantitative estimate of drug-likeness (QED) is 0.0737. The van der Waals surface area contributed by atoms with Gasteiger partial charge in [-0.15, -0.1) is 0 Å². The molecule has 0 heterocycles. The van der Waals surface area contributed by atoms with E-state index in [4.69, 9.17) is 0 Å². The van der Waals surface area contributed by atoms with Gasteiger partial charge in [0.05, 0.1) is 0 Å². The van der Waals surface area contributed by atoms with Gasteiger partial charge < -0.3 is 0 Å². The van der Waals surface area contributed by atoms with Gasteiger partial charge in [0.2, 0.25) is 0 Å². The molecule has 0 bridgehead atoms. The van der Waals surface area contributed by atoms with Crippen LogP contribution in [0.5, 0.6) is 0 Å². The third kappa shape index (κ3) is 25.2. The van der Waals surface area contributed by atoms with E-state index < -0.39 is 13.1 Å². The summed E-state index contributed by atoms with van der Waals surface area (Å²) in [5.41, 5.74) is 0. The van der Waals surface area contributed by atoms with Gasteiger partial charge in [-0.05, 0) is 0 Å². The first-order valence-electron chi connectivity index (χ1n) is 16.5. The van der Waals surface area contributed by atoms with E-state index in [2.05, 4.69) is 27.7 Å².